The van der Waals surface area contributed by atoms with Crippen LogP contribution in [0.1, 0.15) is 43.0 Å². The molecule has 0 aromatic heterocycles. The zero-order valence-electron chi connectivity index (χ0n) is 12.3. The number of hydrogen-bond acceptors (Lipinski definition) is 4. The Hall–Kier alpha value is -2.04. The Bertz CT molecular complexity index is 486. The number of anilines is 2. The summed E-state index contributed by atoms with van der Waals surface area (Å²) in [5.41, 5.74) is 6.85. The van der Waals surface area contributed by atoms with Crippen LogP contribution in [0, 0.1) is 0 Å². The van der Waals surface area contributed by atoms with Gasteiger partial charge in [-0.1, -0.05) is 25.8 Å². The molecule has 0 radical (unpaired) electrons. The first-order chi connectivity index (χ1) is 9.52. The number of rotatable bonds is 6. The van der Waals surface area contributed by atoms with Gasteiger partial charge in [0.1, 0.15) is 5.56 Å². The topological polar surface area (TPSA) is 72.6 Å². The molecule has 2 N–H and O–H groups in total. The number of nitrogens with two attached hydrogens (primary N) is 1. The number of esters is 1. The molecule has 0 unspecified atom stereocenters. The average Bonchev–Trinajstić information content (AvgIpc) is 2.45. The normalized spacial score (nSPS) is 10.2. The van der Waals surface area contributed by atoms with Crippen LogP contribution in [0.5, 0.6) is 0 Å². The van der Waals surface area contributed by atoms with Crippen molar-refractivity contribution in [2.75, 3.05) is 24.8 Å². The molecule has 0 bridgehead atoms. The Morgan fingerprint density at radius 2 is 2.00 bits per heavy atom. The summed E-state index contributed by atoms with van der Waals surface area (Å²) in [6, 6.07) is 5.03. The van der Waals surface area contributed by atoms with E-state index in [1.54, 1.807) is 25.2 Å². The average molecular weight is 278 g/mol. The molecule has 0 heterocycles. The highest BCUT2D eigenvalue weighted by atomic mass is 16.5. The lowest BCUT2D eigenvalue weighted by atomic mass is 10.1. The van der Waals surface area contributed by atoms with Crippen LogP contribution in [0.25, 0.3) is 0 Å². The van der Waals surface area contributed by atoms with Gasteiger partial charge >= 0.3 is 5.97 Å². The summed E-state index contributed by atoms with van der Waals surface area (Å²) in [5.74, 6) is -0.569. The summed E-state index contributed by atoms with van der Waals surface area (Å²) in [6.07, 6.45) is 3.37. The van der Waals surface area contributed by atoms with E-state index < -0.39 is 5.97 Å². The number of nitrogens with zero attached hydrogens (tertiary/aromatic N) is 1. The molecule has 5 heteroatoms. The van der Waals surface area contributed by atoms with E-state index in [1.807, 2.05) is 0 Å². The summed E-state index contributed by atoms with van der Waals surface area (Å²) in [7, 11) is 2.94. The number of ether oxygens (including phenoxy) is 1. The molecule has 0 aliphatic heterocycles. The minimum atomic E-state index is -0.536. The molecule has 1 amide bonds. The van der Waals surface area contributed by atoms with Crippen LogP contribution in [0.15, 0.2) is 18.2 Å². The second-order valence-electron chi connectivity index (χ2n) is 4.64. The predicted molar refractivity (Wildman–Crippen MR) is 79.7 cm³/mol. The van der Waals surface area contributed by atoms with Gasteiger partial charge in [-0.3, -0.25) is 4.79 Å². The highest BCUT2D eigenvalue weighted by Crippen LogP contribution is 2.26. The molecule has 0 aliphatic rings. The van der Waals surface area contributed by atoms with E-state index in [9.17, 15) is 9.59 Å². The van der Waals surface area contributed by atoms with Crippen LogP contribution in [0.3, 0.4) is 0 Å². The minimum Gasteiger partial charge on any atom is -0.465 e. The van der Waals surface area contributed by atoms with Crippen molar-refractivity contribution >= 4 is 23.3 Å². The highest BCUT2D eigenvalue weighted by Gasteiger charge is 2.21. The number of methoxy groups -OCH3 is 1. The molecule has 5 nitrogen and oxygen atoms in total. The number of hydrogen-bond donors (Lipinski definition) is 1. The second kappa shape index (κ2) is 7.53. The van der Waals surface area contributed by atoms with Crippen LogP contribution >= 0.6 is 0 Å². The van der Waals surface area contributed by atoms with Crippen LogP contribution < -0.4 is 10.6 Å². The Morgan fingerprint density at radius 1 is 1.30 bits per heavy atom. The van der Waals surface area contributed by atoms with Crippen LogP contribution in [0.4, 0.5) is 11.4 Å². The summed E-state index contributed by atoms with van der Waals surface area (Å²) < 4.78 is 4.73. The predicted octanol–water partition coefficient (Wildman–Crippen LogP) is 2.60. The summed E-state index contributed by atoms with van der Waals surface area (Å²) in [5, 5.41) is 0. The van der Waals surface area contributed by atoms with E-state index in [1.165, 1.54) is 12.0 Å². The fraction of sp³-hybridized carbons (Fsp3) is 0.467. The zero-order chi connectivity index (χ0) is 15.1. The molecule has 1 rings (SSSR count). The van der Waals surface area contributed by atoms with Crippen molar-refractivity contribution in [1.82, 2.24) is 0 Å². The minimum absolute atomic E-state index is 0.0331. The van der Waals surface area contributed by atoms with Crippen LogP contribution in [-0.4, -0.2) is 26.0 Å². The van der Waals surface area contributed by atoms with Crippen molar-refractivity contribution in [3.8, 4) is 0 Å². The third-order valence-electron chi connectivity index (χ3n) is 3.19. The number of carbonyl (C=O) groups is 2. The maximum Gasteiger partial charge on any atom is 0.342 e. The van der Waals surface area contributed by atoms with Crippen molar-refractivity contribution in [3.63, 3.8) is 0 Å². The van der Waals surface area contributed by atoms with E-state index in [0.29, 0.717) is 17.8 Å². The monoisotopic (exact) mass is 278 g/mol. The van der Waals surface area contributed by atoms with Crippen molar-refractivity contribution in [2.45, 2.75) is 32.6 Å². The van der Waals surface area contributed by atoms with Crippen molar-refractivity contribution in [1.29, 1.82) is 0 Å². The van der Waals surface area contributed by atoms with Crippen LogP contribution in [-0.2, 0) is 9.53 Å². The Morgan fingerprint density at radius 3 is 2.60 bits per heavy atom. The first-order valence-corrected chi connectivity index (χ1v) is 6.76. The van der Waals surface area contributed by atoms with E-state index in [0.717, 1.165) is 19.3 Å². The highest BCUT2D eigenvalue weighted by molar-refractivity contribution is 6.05. The summed E-state index contributed by atoms with van der Waals surface area (Å²) >= 11 is 0. The quantitative estimate of drug-likeness (QED) is 0.493. The van der Waals surface area contributed by atoms with Crippen molar-refractivity contribution < 1.29 is 14.3 Å². The van der Waals surface area contributed by atoms with Gasteiger partial charge in [0.05, 0.1) is 12.8 Å². The first-order valence-electron chi connectivity index (χ1n) is 6.76. The lowest BCUT2D eigenvalue weighted by Crippen LogP contribution is -2.28. The molecule has 0 atom stereocenters. The lowest BCUT2D eigenvalue weighted by Gasteiger charge is -2.20. The maximum absolute atomic E-state index is 12.1. The van der Waals surface area contributed by atoms with Crippen molar-refractivity contribution in [3.05, 3.63) is 23.8 Å². The lowest BCUT2D eigenvalue weighted by molar-refractivity contribution is -0.118. The van der Waals surface area contributed by atoms with Gasteiger partial charge in [0.25, 0.3) is 0 Å². The molecule has 0 aliphatic carbocycles. The van der Waals surface area contributed by atoms with Gasteiger partial charge < -0.3 is 15.4 Å². The zero-order valence-corrected chi connectivity index (χ0v) is 12.3. The molecular formula is C15H22N2O3. The maximum atomic E-state index is 12.1. The van der Waals surface area contributed by atoms with Crippen molar-refractivity contribution in [2.24, 2.45) is 0 Å². The number of nitrogen functional groups attached to an aromatic ring is 1. The molecule has 0 spiro atoms. The van der Waals surface area contributed by atoms with Gasteiger partial charge in [-0.05, 0) is 18.6 Å². The van der Waals surface area contributed by atoms with Gasteiger partial charge in [-0.25, -0.2) is 4.79 Å². The smallest absolute Gasteiger partial charge is 0.342 e. The fourth-order valence-electron chi connectivity index (χ4n) is 1.99. The van der Waals surface area contributed by atoms with Gasteiger partial charge in [0.2, 0.25) is 5.91 Å². The van der Waals surface area contributed by atoms with Gasteiger partial charge in [0.15, 0.2) is 0 Å². The molecule has 20 heavy (non-hydrogen) atoms. The third kappa shape index (κ3) is 3.73. The third-order valence-corrected chi connectivity index (χ3v) is 3.19. The molecule has 0 saturated heterocycles. The molecule has 0 fully saturated rings. The van der Waals surface area contributed by atoms with E-state index in [2.05, 4.69) is 6.92 Å². The Balaban J connectivity index is 2.97. The fourth-order valence-corrected chi connectivity index (χ4v) is 1.99. The number of carbonyl (C=O) groups excluding carboxylic acids is 2. The van der Waals surface area contributed by atoms with Gasteiger partial charge in [0, 0.05) is 19.2 Å². The summed E-state index contributed by atoms with van der Waals surface area (Å²) in [4.78, 5) is 25.4. The standard InChI is InChI=1S/C15H22N2O3/c1-4-5-6-10-13(18)17(2)12-9-7-8-11(16)14(12)15(19)20-3/h7-9H,4-6,10,16H2,1-3H3. The Labute approximate surface area is 119 Å². The number of unbranched alkanes of at least 4 members (excludes halogenated alkanes) is 2. The van der Waals surface area contributed by atoms with E-state index in [-0.39, 0.29) is 11.5 Å². The van der Waals surface area contributed by atoms with E-state index in [4.69, 9.17) is 10.5 Å². The molecule has 1 aromatic rings. The largest absolute Gasteiger partial charge is 0.465 e. The Kier molecular flexibility index (Phi) is 6.03. The number of benzene rings is 1. The molecular weight excluding hydrogens is 256 g/mol. The molecule has 0 saturated carbocycles. The molecule has 110 valence electrons. The molecule has 1 aromatic carbocycles. The van der Waals surface area contributed by atoms with E-state index >= 15 is 0 Å². The number of amides is 1. The van der Waals surface area contributed by atoms with Gasteiger partial charge in [-0.15, -0.1) is 0 Å². The first kappa shape index (κ1) is 16.0. The second-order valence-corrected chi connectivity index (χ2v) is 4.64. The SMILES string of the molecule is CCCCCC(=O)N(C)c1cccc(N)c1C(=O)OC. The summed E-state index contributed by atoms with van der Waals surface area (Å²) in [6.45, 7) is 2.08. The van der Waals surface area contributed by atoms with Gasteiger partial charge in [-0.2, -0.15) is 0 Å². The van der Waals surface area contributed by atoms with Crippen LogP contribution in [0.2, 0.25) is 0 Å².